The number of anilines is 3. The van der Waals surface area contributed by atoms with Gasteiger partial charge in [0.15, 0.2) is 17.5 Å². The van der Waals surface area contributed by atoms with Crippen LogP contribution in [0.4, 0.5) is 26.1 Å². The van der Waals surface area contributed by atoms with Gasteiger partial charge in [0.1, 0.15) is 17.9 Å². The summed E-state index contributed by atoms with van der Waals surface area (Å²) in [4.78, 5) is 23.2. The molecule has 272 valence electrons. The number of rotatable bonds is 17. The number of fused-ring (bicyclic) bond motifs is 1. The van der Waals surface area contributed by atoms with E-state index >= 15 is 0 Å². The summed E-state index contributed by atoms with van der Waals surface area (Å²) < 4.78 is 63.5. The first-order chi connectivity index (χ1) is 23.5. The Hall–Kier alpha value is -4.01. The van der Waals surface area contributed by atoms with E-state index in [-0.39, 0.29) is 18.7 Å². The number of nitrogens with zero attached hydrogens (tertiary/aromatic N) is 4. The summed E-state index contributed by atoms with van der Waals surface area (Å²) in [5, 5.41) is 13.2. The van der Waals surface area contributed by atoms with Crippen LogP contribution in [0.25, 0.3) is 10.9 Å². The number of nitrogens with one attached hydrogen (secondary N) is 3. The van der Waals surface area contributed by atoms with Gasteiger partial charge in [0.05, 0.1) is 42.0 Å². The van der Waals surface area contributed by atoms with Gasteiger partial charge in [0, 0.05) is 29.8 Å². The van der Waals surface area contributed by atoms with Crippen molar-refractivity contribution >= 4 is 42.0 Å². The molecule has 1 amide bonds. The minimum absolute atomic E-state index is 0.135. The summed E-state index contributed by atoms with van der Waals surface area (Å²) in [5.41, 5.74) is -0.488. The van der Waals surface area contributed by atoms with Crippen molar-refractivity contribution in [2.24, 2.45) is 0 Å². The fourth-order valence-corrected chi connectivity index (χ4v) is 6.46. The summed E-state index contributed by atoms with van der Waals surface area (Å²) in [5.74, 6) is -1.13. The van der Waals surface area contributed by atoms with E-state index in [0.717, 1.165) is 30.8 Å². The largest absolute Gasteiger partial charge is 0.494 e. The molecule has 0 saturated carbocycles. The van der Waals surface area contributed by atoms with Gasteiger partial charge in [-0.2, -0.15) is 5.10 Å². The van der Waals surface area contributed by atoms with Gasteiger partial charge in [-0.1, -0.05) is 6.07 Å². The molecule has 50 heavy (non-hydrogen) atoms. The van der Waals surface area contributed by atoms with Crippen molar-refractivity contribution in [2.45, 2.75) is 72.0 Å². The number of unbranched alkanes of at least 4 members (excludes halogenated alkanes) is 1. The molecule has 0 atom stereocenters. The van der Waals surface area contributed by atoms with Gasteiger partial charge in [-0.25, -0.2) is 23.3 Å². The molecule has 0 unspecified atom stereocenters. The fraction of sp³-hybridized carbons (Fsp3) is 0.471. The van der Waals surface area contributed by atoms with Crippen molar-refractivity contribution in [1.29, 1.82) is 0 Å². The molecule has 16 heteroatoms. The molecule has 0 saturated heterocycles. The van der Waals surface area contributed by atoms with E-state index in [0.29, 0.717) is 41.7 Å². The summed E-state index contributed by atoms with van der Waals surface area (Å²) in [6.45, 7) is 12.9. The Kier molecular flexibility index (Phi) is 13.0. The molecule has 4 aromatic rings. The maximum atomic E-state index is 13.9. The SMILES string of the molecule is CN(CCCCOc1ccc2c(Nc3cc(CC(=O)Nc4cccc(F)c4F)[nH]n3)ncnc2c1)CCOP(=O)(OC(C)(C)C)OC(C)(C)C. The molecule has 3 N–H and O–H groups in total. The number of hydrogen-bond donors (Lipinski definition) is 3. The molecular formula is C34H46F2N7O6P. The summed E-state index contributed by atoms with van der Waals surface area (Å²) >= 11 is 0. The van der Waals surface area contributed by atoms with Crippen LogP contribution in [-0.4, -0.2) is 75.5 Å². The monoisotopic (exact) mass is 717 g/mol. The van der Waals surface area contributed by atoms with E-state index in [9.17, 15) is 18.1 Å². The minimum atomic E-state index is -3.74. The summed E-state index contributed by atoms with van der Waals surface area (Å²) in [6, 6.07) is 10.7. The highest BCUT2D eigenvalue weighted by Crippen LogP contribution is 2.55. The second kappa shape index (κ2) is 16.8. The maximum Gasteiger partial charge on any atom is 0.475 e. The summed E-state index contributed by atoms with van der Waals surface area (Å²) in [7, 11) is -1.77. The highest BCUT2D eigenvalue weighted by molar-refractivity contribution is 7.48. The number of carbonyl (C=O) groups excluding carboxylic acids is 1. The lowest BCUT2D eigenvalue weighted by Crippen LogP contribution is -2.27. The number of amides is 1. The van der Waals surface area contributed by atoms with Crippen molar-refractivity contribution in [3.63, 3.8) is 0 Å². The number of benzene rings is 2. The Labute approximate surface area is 291 Å². The van der Waals surface area contributed by atoms with Crippen molar-refractivity contribution in [2.75, 3.05) is 44.0 Å². The molecule has 2 aromatic carbocycles. The van der Waals surface area contributed by atoms with Crippen LogP contribution < -0.4 is 15.4 Å². The number of aromatic amines is 1. The molecule has 0 aliphatic carbocycles. The van der Waals surface area contributed by atoms with E-state index in [4.69, 9.17) is 18.3 Å². The lowest BCUT2D eigenvalue weighted by Gasteiger charge is -2.31. The number of phosphoric ester groups is 1. The van der Waals surface area contributed by atoms with Gasteiger partial charge >= 0.3 is 7.82 Å². The number of hydrogen-bond acceptors (Lipinski definition) is 11. The van der Waals surface area contributed by atoms with Crippen LogP contribution in [0.5, 0.6) is 5.75 Å². The smallest absolute Gasteiger partial charge is 0.475 e. The van der Waals surface area contributed by atoms with E-state index in [1.165, 1.54) is 18.5 Å². The van der Waals surface area contributed by atoms with Crippen LogP contribution in [0.2, 0.25) is 0 Å². The minimum Gasteiger partial charge on any atom is -0.494 e. The third-order valence-corrected chi connectivity index (χ3v) is 8.80. The first-order valence-corrected chi connectivity index (χ1v) is 17.7. The molecule has 0 spiro atoms. The van der Waals surface area contributed by atoms with Crippen LogP contribution in [0.15, 0.2) is 48.8 Å². The zero-order valence-corrected chi connectivity index (χ0v) is 30.4. The lowest BCUT2D eigenvalue weighted by molar-refractivity contribution is -0.115. The Morgan fingerprint density at radius 3 is 2.42 bits per heavy atom. The molecule has 2 aromatic heterocycles. The number of phosphoric acid groups is 1. The lowest BCUT2D eigenvalue weighted by atomic mass is 10.2. The predicted molar refractivity (Wildman–Crippen MR) is 188 cm³/mol. The van der Waals surface area contributed by atoms with Gasteiger partial charge in [0.2, 0.25) is 5.91 Å². The Morgan fingerprint density at radius 1 is 0.960 bits per heavy atom. The maximum absolute atomic E-state index is 13.9. The quantitative estimate of drug-likeness (QED) is 0.0740. The first-order valence-electron chi connectivity index (χ1n) is 16.3. The number of H-pyrrole nitrogens is 1. The second-order valence-corrected chi connectivity index (χ2v) is 15.2. The number of likely N-dealkylation sites (N-methyl/N-ethyl adjacent to an activating group) is 1. The normalized spacial score (nSPS) is 12.4. The highest BCUT2D eigenvalue weighted by atomic mass is 31.2. The number of aromatic nitrogens is 4. The van der Waals surface area contributed by atoms with Crippen molar-refractivity contribution in [1.82, 2.24) is 25.1 Å². The molecule has 4 rings (SSSR count). The van der Waals surface area contributed by atoms with Crippen molar-refractivity contribution in [3.8, 4) is 5.75 Å². The molecule has 13 nitrogen and oxygen atoms in total. The van der Waals surface area contributed by atoms with E-state index < -0.39 is 36.6 Å². The zero-order chi connectivity index (χ0) is 36.5. The average Bonchev–Trinajstić information content (AvgIpc) is 3.43. The zero-order valence-electron chi connectivity index (χ0n) is 29.5. The second-order valence-electron chi connectivity index (χ2n) is 13.7. The van der Waals surface area contributed by atoms with Gasteiger partial charge in [-0.15, -0.1) is 0 Å². The summed E-state index contributed by atoms with van der Waals surface area (Å²) in [6.07, 6.45) is 2.98. The first kappa shape index (κ1) is 38.8. The van der Waals surface area contributed by atoms with Crippen LogP contribution in [0, 0.1) is 11.6 Å². The van der Waals surface area contributed by atoms with Gasteiger partial charge < -0.3 is 20.3 Å². The third kappa shape index (κ3) is 12.4. The number of halogens is 2. The fourth-order valence-electron chi connectivity index (χ4n) is 4.67. The standard InChI is InChI=1S/C34H46F2N7O6P/c1-33(2,3)48-50(45,49-34(4,5)6)47-18-16-43(7)15-8-9-17-46-24-13-14-25-28(21-24)37-22-38-32(25)40-29-19-23(41-42-29)20-30(44)39-27-12-10-11-26(35)31(27)36/h10-14,19,21-22H,8-9,15-18,20H2,1-7H3,(H,39,44)(H2,37,38,40,41,42). The molecule has 0 aliphatic rings. The van der Waals surface area contributed by atoms with Crippen LogP contribution >= 0.6 is 7.82 Å². The van der Waals surface area contributed by atoms with Gasteiger partial charge in [0.25, 0.3) is 0 Å². The Morgan fingerprint density at radius 2 is 1.70 bits per heavy atom. The molecule has 0 radical (unpaired) electrons. The highest BCUT2D eigenvalue weighted by Gasteiger charge is 2.37. The molecule has 2 heterocycles. The number of carbonyl (C=O) groups is 1. The molecule has 0 bridgehead atoms. The van der Waals surface area contributed by atoms with E-state index in [1.807, 2.05) is 25.2 Å². The molecule has 0 fully saturated rings. The van der Waals surface area contributed by atoms with Crippen molar-refractivity contribution < 1.29 is 36.4 Å². The topological polar surface area (TPSA) is 153 Å². The Bertz CT molecular complexity index is 1770. The average molecular weight is 718 g/mol. The third-order valence-electron chi connectivity index (χ3n) is 6.76. The van der Waals surface area contributed by atoms with Gasteiger partial charge in [-0.05, 0) is 92.2 Å². The number of ether oxygens (including phenoxy) is 1. The van der Waals surface area contributed by atoms with Crippen molar-refractivity contribution in [3.05, 3.63) is 66.1 Å². The predicted octanol–water partition coefficient (Wildman–Crippen LogP) is 7.40. The molecule has 0 aliphatic heterocycles. The van der Waals surface area contributed by atoms with Crippen LogP contribution in [0.3, 0.4) is 0 Å². The van der Waals surface area contributed by atoms with Crippen LogP contribution in [0.1, 0.15) is 60.1 Å². The van der Waals surface area contributed by atoms with Gasteiger partial charge in [-0.3, -0.25) is 23.5 Å². The van der Waals surface area contributed by atoms with E-state index in [2.05, 4.69) is 35.7 Å². The van der Waals surface area contributed by atoms with E-state index in [1.54, 1.807) is 47.6 Å². The Balaban J connectivity index is 1.21. The van der Waals surface area contributed by atoms with Crippen LogP contribution in [-0.2, 0) is 29.4 Å². The molecular weight excluding hydrogens is 671 g/mol.